The van der Waals surface area contributed by atoms with E-state index >= 15 is 0 Å². The van der Waals surface area contributed by atoms with Crippen LogP contribution in [0.5, 0.6) is 0 Å². The molecule has 41 heavy (non-hydrogen) atoms. The minimum atomic E-state index is -0.479. The Morgan fingerprint density at radius 2 is 1.27 bits per heavy atom. The van der Waals surface area contributed by atoms with Crippen LogP contribution in [0.2, 0.25) is 0 Å². The van der Waals surface area contributed by atoms with Crippen molar-refractivity contribution in [3.05, 3.63) is 62.2 Å². The van der Waals surface area contributed by atoms with E-state index in [1.165, 1.54) is 6.07 Å². The molecule has 2 aromatic carbocycles. The third kappa shape index (κ3) is 6.50. The molecule has 3 fully saturated rings. The van der Waals surface area contributed by atoms with Crippen molar-refractivity contribution < 1.29 is 14.6 Å². The molecule has 3 aliphatic heterocycles. The van der Waals surface area contributed by atoms with Gasteiger partial charge in [-0.2, -0.15) is 0 Å². The van der Waals surface area contributed by atoms with Gasteiger partial charge in [0.2, 0.25) is 0 Å². The molecule has 3 heterocycles. The van der Waals surface area contributed by atoms with Gasteiger partial charge in [0.1, 0.15) is 11.4 Å². The molecule has 0 spiro atoms. The molecule has 1 N–H and O–H groups in total. The highest BCUT2D eigenvalue weighted by molar-refractivity contribution is 7.80. The number of nitrogens with zero attached hydrogens (tertiary/aromatic N) is 6. The van der Waals surface area contributed by atoms with E-state index in [2.05, 4.69) is 15.1 Å². The van der Waals surface area contributed by atoms with Crippen molar-refractivity contribution in [2.45, 2.75) is 38.5 Å². The maximum absolute atomic E-state index is 13.0. The van der Waals surface area contributed by atoms with Gasteiger partial charge in [-0.05, 0) is 75.0 Å². The number of amides is 1. The summed E-state index contributed by atoms with van der Waals surface area (Å²) in [6.45, 7) is 5.54. The highest BCUT2D eigenvalue weighted by Crippen LogP contribution is 2.35. The van der Waals surface area contributed by atoms with Gasteiger partial charge < -0.3 is 19.6 Å². The number of hydrogen-bond donors (Lipinski definition) is 1. The fourth-order valence-electron chi connectivity index (χ4n) is 5.88. The second kappa shape index (κ2) is 12.7. The summed E-state index contributed by atoms with van der Waals surface area (Å²) in [5.74, 6) is -0.479. The van der Waals surface area contributed by atoms with Crippen molar-refractivity contribution in [3.8, 4) is 0 Å². The molecule has 3 saturated heterocycles. The smallest absolute Gasteiger partial charge is 0.293 e. The number of piperazine rings is 1. The van der Waals surface area contributed by atoms with Crippen molar-refractivity contribution in [2.75, 3.05) is 67.1 Å². The number of rotatable bonds is 6. The molecule has 218 valence electrons. The molecule has 12 nitrogen and oxygen atoms in total. The largest absolute Gasteiger partial charge is 0.368 e. The summed E-state index contributed by atoms with van der Waals surface area (Å²) >= 11 is 5.52. The minimum absolute atomic E-state index is 0.0777. The van der Waals surface area contributed by atoms with E-state index < -0.39 is 10.8 Å². The highest BCUT2D eigenvalue weighted by atomic mass is 32.1. The zero-order valence-corrected chi connectivity index (χ0v) is 23.8. The topological polar surface area (TPSA) is 128 Å². The summed E-state index contributed by atoms with van der Waals surface area (Å²) in [7, 11) is 0. The molecular formula is C28H35N7O5S. The van der Waals surface area contributed by atoms with Crippen LogP contribution < -0.4 is 20.0 Å². The lowest BCUT2D eigenvalue weighted by Gasteiger charge is -2.37. The molecule has 1 amide bonds. The molecule has 3 aliphatic rings. The molecule has 0 atom stereocenters. The molecule has 2 aromatic rings. The molecule has 0 unspecified atom stereocenters. The first-order valence-electron chi connectivity index (χ1n) is 14.2. The highest BCUT2D eigenvalue weighted by Gasteiger charge is 2.27. The average molecular weight is 582 g/mol. The van der Waals surface area contributed by atoms with Gasteiger partial charge >= 0.3 is 0 Å². The van der Waals surface area contributed by atoms with Crippen molar-refractivity contribution in [3.63, 3.8) is 0 Å². The second-order valence-electron chi connectivity index (χ2n) is 10.7. The lowest BCUT2D eigenvalue weighted by Crippen LogP contribution is -2.52. The summed E-state index contributed by atoms with van der Waals surface area (Å²) in [4.78, 5) is 43.9. The number of benzene rings is 2. The molecule has 0 aliphatic carbocycles. The van der Waals surface area contributed by atoms with Crippen molar-refractivity contribution in [2.24, 2.45) is 0 Å². The molecule has 5 rings (SSSR count). The van der Waals surface area contributed by atoms with Gasteiger partial charge in [0.05, 0.1) is 9.85 Å². The predicted molar refractivity (Wildman–Crippen MR) is 162 cm³/mol. The zero-order chi connectivity index (χ0) is 28.9. The van der Waals surface area contributed by atoms with Crippen molar-refractivity contribution >= 4 is 51.7 Å². The Hall–Kier alpha value is -4.00. The van der Waals surface area contributed by atoms with E-state index in [1.54, 1.807) is 24.3 Å². The number of carbonyl (C=O) groups is 1. The number of anilines is 3. The Morgan fingerprint density at radius 1 is 0.683 bits per heavy atom. The van der Waals surface area contributed by atoms with Gasteiger partial charge in [0.15, 0.2) is 5.11 Å². The quantitative estimate of drug-likeness (QED) is 0.299. The van der Waals surface area contributed by atoms with Gasteiger partial charge in [0.25, 0.3) is 17.3 Å². The molecule has 13 heteroatoms. The van der Waals surface area contributed by atoms with Crippen LogP contribution in [0.15, 0.2) is 36.4 Å². The first kappa shape index (κ1) is 28.5. The standard InChI is InChI=1S/C28H35N7O5S/c36-27(21-7-9-23(26(19-21)35(39)40)31-11-3-1-4-12-31)29-28(41)33-17-15-30(16-18-33)22-8-10-24(34(37)38)25(20-22)32-13-5-2-6-14-32/h7-10,19-20H,1-6,11-18H2,(H,29,36,41). The number of nitrogens with one attached hydrogen (secondary N) is 1. The number of piperidine rings is 2. The average Bonchev–Trinajstić information content (AvgIpc) is 3.01. The van der Waals surface area contributed by atoms with E-state index in [9.17, 15) is 25.0 Å². The Morgan fingerprint density at radius 3 is 1.85 bits per heavy atom. The van der Waals surface area contributed by atoms with Gasteiger partial charge in [0, 0.05) is 75.7 Å². The van der Waals surface area contributed by atoms with E-state index in [0.29, 0.717) is 37.6 Å². The number of carbonyl (C=O) groups excluding carboxylic acids is 1. The van der Waals surface area contributed by atoms with E-state index in [1.807, 2.05) is 15.9 Å². The van der Waals surface area contributed by atoms with Crippen LogP contribution in [-0.4, -0.2) is 78.1 Å². The van der Waals surface area contributed by atoms with Crippen LogP contribution in [0.4, 0.5) is 28.4 Å². The van der Waals surface area contributed by atoms with Crippen molar-refractivity contribution in [1.29, 1.82) is 0 Å². The lowest BCUT2D eigenvalue weighted by molar-refractivity contribution is -0.384. The van der Waals surface area contributed by atoms with Gasteiger partial charge in [-0.3, -0.25) is 30.3 Å². The molecule has 0 bridgehead atoms. The molecule has 0 radical (unpaired) electrons. The lowest BCUT2D eigenvalue weighted by atomic mass is 10.1. The summed E-state index contributed by atoms with van der Waals surface area (Å²) in [6.07, 6.45) is 6.29. The number of nitro groups is 2. The Balaban J connectivity index is 1.21. The Bertz CT molecular complexity index is 1320. The van der Waals surface area contributed by atoms with Crippen LogP contribution >= 0.6 is 12.2 Å². The monoisotopic (exact) mass is 581 g/mol. The SMILES string of the molecule is O=C(NC(=S)N1CCN(c2ccc([N+](=O)[O-])c(N3CCCCC3)c2)CC1)c1ccc(N2CCCCC2)c([N+](=O)[O-])c1. The van der Waals surface area contributed by atoms with Crippen molar-refractivity contribution in [1.82, 2.24) is 10.2 Å². The zero-order valence-electron chi connectivity index (χ0n) is 23.0. The number of nitro benzene ring substituents is 2. The van der Waals surface area contributed by atoms with Crippen LogP contribution in [0.3, 0.4) is 0 Å². The fourth-order valence-corrected chi connectivity index (χ4v) is 6.16. The van der Waals surface area contributed by atoms with Crippen LogP contribution in [0.1, 0.15) is 48.9 Å². The molecule has 0 aromatic heterocycles. The summed E-state index contributed by atoms with van der Waals surface area (Å²) < 4.78 is 0. The Kier molecular flexibility index (Phi) is 8.81. The summed E-state index contributed by atoms with van der Waals surface area (Å²) in [5, 5.41) is 26.5. The number of hydrogen-bond acceptors (Lipinski definition) is 9. The minimum Gasteiger partial charge on any atom is -0.368 e. The normalized spacial score (nSPS) is 17.8. The summed E-state index contributed by atoms with van der Waals surface area (Å²) in [6, 6.07) is 9.89. The summed E-state index contributed by atoms with van der Waals surface area (Å²) in [5.41, 5.74) is 2.37. The molecule has 0 saturated carbocycles. The first-order chi connectivity index (χ1) is 19.8. The van der Waals surface area contributed by atoms with E-state index in [0.717, 1.165) is 70.4 Å². The van der Waals surface area contributed by atoms with Gasteiger partial charge in [-0.1, -0.05) is 0 Å². The maximum atomic E-state index is 13.0. The third-order valence-corrected chi connectivity index (χ3v) is 8.50. The van der Waals surface area contributed by atoms with Crippen LogP contribution in [0, 0.1) is 20.2 Å². The third-order valence-electron chi connectivity index (χ3n) is 8.14. The Labute approximate surface area is 244 Å². The maximum Gasteiger partial charge on any atom is 0.293 e. The van der Waals surface area contributed by atoms with E-state index in [-0.39, 0.29) is 27.0 Å². The van der Waals surface area contributed by atoms with Gasteiger partial charge in [-0.25, -0.2) is 0 Å². The van der Waals surface area contributed by atoms with Gasteiger partial charge in [-0.15, -0.1) is 0 Å². The predicted octanol–water partition coefficient (Wildman–Crippen LogP) is 4.32. The molecular weight excluding hydrogens is 546 g/mol. The second-order valence-corrected chi connectivity index (χ2v) is 11.1. The van der Waals surface area contributed by atoms with Crippen LogP contribution in [0.25, 0.3) is 0 Å². The number of thiocarbonyl (C=S) groups is 1. The van der Waals surface area contributed by atoms with Crippen LogP contribution in [-0.2, 0) is 0 Å². The first-order valence-corrected chi connectivity index (χ1v) is 14.6. The van der Waals surface area contributed by atoms with E-state index in [4.69, 9.17) is 12.2 Å². The fraction of sp³-hybridized carbons (Fsp3) is 0.500.